The van der Waals surface area contributed by atoms with Crippen LogP contribution in [0.25, 0.3) is 10.8 Å². The maximum atomic E-state index is 9.93. The van der Waals surface area contributed by atoms with Gasteiger partial charge in [-0.2, -0.15) is 0 Å². The fourth-order valence-corrected chi connectivity index (χ4v) is 2.03. The van der Waals surface area contributed by atoms with Crippen LogP contribution >= 0.6 is 0 Å². The van der Waals surface area contributed by atoms with E-state index in [4.69, 9.17) is 0 Å². The van der Waals surface area contributed by atoms with Crippen LogP contribution in [-0.2, 0) is 6.54 Å². The quantitative estimate of drug-likeness (QED) is 0.709. The number of benzene rings is 2. The summed E-state index contributed by atoms with van der Waals surface area (Å²) >= 11 is 0. The molecule has 0 heterocycles. The Bertz CT molecular complexity index is 523. The van der Waals surface area contributed by atoms with Crippen LogP contribution in [0.5, 0.6) is 5.75 Å². The van der Waals surface area contributed by atoms with E-state index in [2.05, 4.69) is 5.32 Å². The second kappa shape index (κ2) is 5.85. The third kappa shape index (κ3) is 3.00. The average Bonchev–Trinajstić information content (AvgIpc) is 2.36. The van der Waals surface area contributed by atoms with Gasteiger partial charge in [0.15, 0.2) is 0 Å². The van der Waals surface area contributed by atoms with Crippen molar-refractivity contribution < 1.29 is 10.2 Å². The van der Waals surface area contributed by atoms with Crippen molar-refractivity contribution in [3.8, 4) is 5.75 Å². The van der Waals surface area contributed by atoms with Gasteiger partial charge in [-0.15, -0.1) is 0 Å². The Balaban J connectivity index is 2.14. The summed E-state index contributed by atoms with van der Waals surface area (Å²) in [5.74, 6) is 0.318. The molecule has 2 aromatic carbocycles. The number of nitrogens with one attached hydrogen (secondary N) is 1. The van der Waals surface area contributed by atoms with Crippen molar-refractivity contribution in [1.82, 2.24) is 5.32 Å². The Labute approximate surface area is 107 Å². The van der Waals surface area contributed by atoms with Crippen molar-refractivity contribution in [1.29, 1.82) is 0 Å². The van der Waals surface area contributed by atoms with Crippen LogP contribution in [0, 0.1) is 0 Å². The highest BCUT2D eigenvalue weighted by Gasteiger charge is 2.06. The lowest BCUT2D eigenvalue weighted by Crippen LogP contribution is -2.18. The first kappa shape index (κ1) is 12.9. The average molecular weight is 245 g/mol. The number of aliphatic hydroxyl groups is 1. The van der Waals surface area contributed by atoms with Gasteiger partial charge in [0, 0.05) is 12.1 Å². The normalized spacial score (nSPS) is 12.8. The van der Waals surface area contributed by atoms with Gasteiger partial charge in [0.05, 0.1) is 6.10 Å². The van der Waals surface area contributed by atoms with E-state index >= 15 is 0 Å². The molecule has 18 heavy (non-hydrogen) atoms. The van der Waals surface area contributed by atoms with Gasteiger partial charge < -0.3 is 15.5 Å². The minimum atomic E-state index is -0.293. The maximum absolute atomic E-state index is 9.93. The summed E-state index contributed by atoms with van der Waals surface area (Å²) < 4.78 is 0. The molecule has 0 bridgehead atoms. The lowest BCUT2D eigenvalue weighted by atomic mass is 10.0. The van der Waals surface area contributed by atoms with Gasteiger partial charge >= 0.3 is 0 Å². The monoisotopic (exact) mass is 245 g/mol. The highest BCUT2D eigenvalue weighted by molar-refractivity contribution is 5.87. The van der Waals surface area contributed by atoms with Crippen LogP contribution in [0.2, 0.25) is 0 Å². The minimum absolute atomic E-state index is 0.293. The van der Waals surface area contributed by atoms with Crippen LogP contribution in [0.1, 0.15) is 18.9 Å². The first-order valence-electron chi connectivity index (χ1n) is 6.27. The molecule has 3 N–H and O–H groups in total. The van der Waals surface area contributed by atoms with Gasteiger partial charge in [0.25, 0.3) is 0 Å². The van der Waals surface area contributed by atoms with Crippen molar-refractivity contribution in [2.24, 2.45) is 0 Å². The van der Waals surface area contributed by atoms with Gasteiger partial charge in [-0.25, -0.2) is 0 Å². The van der Waals surface area contributed by atoms with Crippen molar-refractivity contribution >= 4 is 10.8 Å². The van der Waals surface area contributed by atoms with E-state index in [9.17, 15) is 10.2 Å². The third-order valence-corrected chi connectivity index (χ3v) is 3.06. The van der Waals surface area contributed by atoms with E-state index in [-0.39, 0.29) is 6.10 Å². The predicted octanol–water partition coefficient (Wildman–Crippen LogP) is 2.41. The van der Waals surface area contributed by atoms with Crippen molar-refractivity contribution in [2.75, 3.05) is 6.54 Å². The smallest absolute Gasteiger partial charge is 0.120 e. The molecule has 2 rings (SSSR count). The molecule has 0 aliphatic rings. The first-order valence-corrected chi connectivity index (χ1v) is 6.27. The Kier molecular flexibility index (Phi) is 4.18. The molecule has 3 heteroatoms. The van der Waals surface area contributed by atoms with Gasteiger partial charge in [-0.3, -0.25) is 0 Å². The molecule has 0 amide bonds. The molecule has 2 aromatic rings. The lowest BCUT2D eigenvalue weighted by Gasteiger charge is -2.11. The van der Waals surface area contributed by atoms with Gasteiger partial charge in [0.2, 0.25) is 0 Å². The molecule has 0 saturated carbocycles. The second-order valence-electron chi connectivity index (χ2n) is 4.60. The summed E-state index contributed by atoms with van der Waals surface area (Å²) in [5.41, 5.74) is 0.915. The predicted molar refractivity (Wildman–Crippen MR) is 73.6 cm³/mol. The van der Waals surface area contributed by atoms with E-state index < -0.39 is 0 Å². The molecule has 0 saturated heterocycles. The molecule has 1 atom stereocenters. The summed E-state index contributed by atoms with van der Waals surface area (Å²) in [5, 5.41) is 24.6. The summed E-state index contributed by atoms with van der Waals surface area (Å²) in [6.07, 6.45) is 0.421. The van der Waals surface area contributed by atoms with Crippen LogP contribution in [0.15, 0.2) is 36.4 Å². The lowest BCUT2D eigenvalue weighted by molar-refractivity contribution is 0.183. The third-order valence-electron chi connectivity index (χ3n) is 3.06. The van der Waals surface area contributed by atoms with Crippen LogP contribution in [-0.4, -0.2) is 22.9 Å². The molecular weight excluding hydrogens is 226 g/mol. The summed E-state index contributed by atoms with van der Waals surface area (Å²) in [6.45, 7) is 3.12. The number of hydrogen-bond donors (Lipinski definition) is 3. The van der Waals surface area contributed by atoms with Crippen LogP contribution in [0.3, 0.4) is 0 Å². The largest absolute Gasteiger partial charge is 0.508 e. The molecular formula is C15H19NO2. The maximum Gasteiger partial charge on any atom is 0.120 e. The Morgan fingerprint density at radius 3 is 2.72 bits per heavy atom. The number of aliphatic hydroxyl groups excluding tert-OH is 1. The fraction of sp³-hybridized carbons (Fsp3) is 0.333. The van der Waals surface area contributed by atoms with Gasteiger partial charge in [-0.1, -0.05) is 30.3 Å². The highest BCUT2D eigenvalue weighted by atomic mass is 16.3. The molecule has 0 aliphatic heterocycles. The molecule has 0 fully saturated rings. The SMILES string of the molecule is CC(O)CCNCc1c(O)ccc2ccccc12. The molecule has 3 nitrogen and oxygen atoms in total. The number of aromatic hydroxyl groups is 1. The second-order valence-corrected chi connectivity index (χ2v) is 4.60. The zero-order valence-electron chi connectivity index (χ0n) is 10.6. The Morgan fingerprint density at radius 1 is 1.17 bits per heavy atom. The van der Waals surface area contributed by atoms with E-state index in [0.29, 0.717) is 18.7 Å². The minimum Gasteiger partial charge on any atom is -0.508 e. The standard InChI is InChI=1S/C15H19NO2/c1-11(17)8-9-16-10-14-13-5-3-2-4-12(13)6-7-15(14)18/h2-7,11,16-18H,8-10H2,1H3. The topological polar surface area (TPSA) is 52.5 Å². The van der Waals surface area contributed by atoms with E-state index in [1.807, 2.05) is 30.3 Å². The van der Waals surface area contributed by atoms with Crippen molar-refractivity contribution in [3.63, 3.8) is 0 Å². The van der Waals surface area contributed by atoms with Crippen LogP contribution < -0.4 is 5.32 Å². The molecule has 0 aromatic heterocycles. The number of fused-ring (bicyclic) bond motifs is 1. The molecule has 96 valence electrons. The number of phenolic OH excluding ortho intramolecular Hbond substituents is 1. The zero-order chi connectivity index (χ0) is 13.0. The number of phenols is 1. The first-order chi connectivity index (χ1) is 8.68. The van der Waals surface area contributed by atoms with Crippen molar-refractivity contribution in [2.45, 2.75) is 26.0 Å². The van der Waals surface area contributed by atoms with Crippen molar-refractivity contribution in [3.05, 3.63) is 42.0 Å². The van der Waals surface area contributed by atoms with Crippen LogP contribution in [0.4, 0.5) is 0 Å². The Morgan fingerprint density at radius 2 is 1.94 bits per heavy atom. The van der Waals surface area contributed by atoms with Gasteiger partial charge in [-0.05, 0) is 36.7 Å². The van der Waals surface area contributed by atoms with E-state index in [1.165, 1.54) is 0 Å². The summed E-state index contributed by atoms with van der Waals surface area (Å²) in [4.78, 5) is 0. The summed E-state index contributed by atoms with van der Waals surface area (Å²) in [6, 6.07) is 11.7. The molecule has 1 unspecified atom stereocenters. The Hall–Kier alpha value is -1.58. The molecule has 0 spiro atoms. The number of hydrogen-bond acceptors (Lipinski definition) is 3. The molecule has 0 radical (unpaired) electrons. The summed E-state index contributed by atoms with van der Waals surface area (Å²) in [7, 11) is 0. The number of rotatable bonds is 5. The molecule has 0 aliphatic carbocycles. The van der Waals surface area contributed by atoms with Gasteiger partial charge in [0.1, 0.15) is 5.75 Å². The zero-order valence-corrected chi connectivity index (χ0v) is 10.6. The fourth-order valence-electron chi connectivity index (χ4n) is 2.03. The van der Waals surface area contributed by atoms with E-state index in [0.717, 1.165) is 22.9 Å². The van der Waals surface area contributed by atoms with E-state index in [1.54, 1.807) is 13.0 Å². The highest BCUT2D eigenvalue weighted by Crippen LogP contribution is 2.26.